The van der Waals surface area contributed by atoms with E-state index >= 15 is 0 Å². The van der Waals surface area contributed by atoms with Gasteiger partial charge in [-0.2, -0.15) is 0 Å². The first-order valence-corrected chi connectivity index (χ1v) is 7.06. The Morgan fingerprint density at radius 3 is 2.63 bits per heavy atom. The van der Waals surface area contributed by atoms with E-state index < -0.39 is 0 Å². The highest BCUT2D eigenvalue weighted by molar-refractivity contribution is 5.27. The van der Waals surface area contributed by atoms with Gasteiger partial charge in [-0.05, 0) is 24.1 Å². The largest absolute Gasteiger partial charge is 0.494 e. The Balaban J connectivity index is 1.75. The van der Waals surface area contributed by atoms with E-state index in [1.54, 1.807) is 6.20 Å². The van der Waals surface area contributed by atoms with E-state index in [1.165, 1.54) is 24.8 Å². The van der Waals surface area contributed by atoms with Gasteiger partial charge < -0.3 is 9.30 Å². The molecular weight excluding hydrogens is 236 g/mol. The second-order valence-electron chi connectivity index (χ2n) is 4.79. The molecule has 0 fully saturated rings. The first-order valence-electron chi connectivity index (χ1n) is 7.06. The fourth-order valence-electron chi connectivity index (χ4n) is 2.00. The van der Waals surface area contributed by atoms with E-state index in [2.05, 4.69) is 28.6 Å². The van der Waals surface area contributed by atoms with Crippen LogP contribution in [0, 0.1) is 0 Å². The van der Waals surface area contributed by atoms with Crippen LogP contribution < -0.4 is 4.74 Å². The van der Waals surface area contributed by atoms with Crippen LogP contribution in [0.5, 0.6) is 5.75 Å². The zero-order valence-electron chi connectivity index (χ0n) is 11.6. The Morgan fingerprint density at radius 2 is 1.95 bits per heavy atom. The molecule has 0 amide bonds. The van der Waals surface area contributed by atoms with Crippen LogP contribution in [-0.2, 0) is 6.54 Å². The van der Waals surface area contributed by atoms with Crippen molar-refractivity contribution in [3.05, 3.63) is 48.5 Å². The number of hydrogen-bond acceptors (Lipinski definition) is 2. The van der Waals surface area contributed by atoms with Crippen LogP contribution in [0.25, 0.3) is 0 Å². The van der Waals surface area contributed by atoms with Crippen LogP contribution in [0.3, 0.4) is 0 Å². The standard InChI is InChI=1S/C16H22N2O/c1-2-3-4-5-12-19-16-8-6-15(7-9-16)13-18-11-10-17-14-18/h6-11,14H,2-5,12-13H2,1H3. The topological polar surface area (TPSA) is 27.1 Å². The summed E-state index contributed by atoms with van der Waals surface area (Å²) in [6.45, 7) is 3.90. The van der Waals surface area contributed by atoms with Crippen molar-refractivity contribution in [2.45, 2.75) is 39.2 Å². The van der Waals surface area contributed by atoms with Crippen molar-refractivity contribution in [3.63, 3.8) is 0 Å². The monoisotopic (exact) mass is 258 g/mol. The highest BCUT2D eigenvalue weighted by Crippen LogP contribution is 2.13. The van der Waals surface area contributed by atoms with E-state index in [1.807, 2.05) is 24.7 Å². The van der Waals surface area contributed by atoms with Crippen molar-refractivity contribution in [2.24, 2.45) is 0 Å². The van der Waals surface area contributed by atoms with Crippen molar-refractivity contribution >= 4 is 0 Å². The predicted octanol–water partition coefficient (Wildman–Crippen LogP) is 3.89. The summed E-state index contributed by atoms with van der Waals surface area (Å²) < 4.78 is 7.78. The molecule has 102 valence electrons. The van der Waals surface area contributed by atoms with Gasteiger partial charge >= 0.3 is 0 Å². The number of aromatic nitrogens is 2. The zero-order valence-corrected chi connectivity index (χ0v) is 11.6. The number of imidazole rings is 1. The summed E-state index contributed by atoms with van der Waals surface area (Å²) >= 11 is 0. The van der Waals surface area contributed by atoms with Crippen molar-refractivity contribution in [1.29, 1.82) is 0 Å². The van der Waals surface area contributed by atoms with E-state index in [9.17, 15) is 0 Å². The molecule has 1 aromatic heterocycles. The lowest BCUT2D eigenvalue weighted by Crippen LogP contribution is -1.99. The summed E-state index contributed by atoms with van der Waals surface area (Å²) in [6, 6.07) is 8.32. The summed E-state index contributed by atoms with van der Waals surface area (Å²) in [5.41, 5.74) is 1.26. The molecule has 0 N–H and O–H groups in total. The summed E-state index contributed by atoms with van der Waals surface area (Å²) in [6.07, 6.45) is 10.6. The molecule has 0 unspecified atom stereocenters. The molecule has 1 aromatic carbocycles. The van der Waals surface area contributed by atoms with Gasteiger partial charge in [-0.3, -0.25) is 0 Å². The molecule has 0 aliphatic heterocycles. The molecule has 2 aromatic rings. The average Bonchev–Trinajstić information content (AvgIpc) is 2.93. The Kier molecular flexibility index (Phi) is 5.48. The number of hydrogen-bond donors (Lipinski definition) is 0. The highest BCUT2D eigenvalue weighted by atomic mass is 16.5. The van der Waals surface area contributed by atoms with Crippen LogP contribution in [0.4, 0.5) is 0 Å². The van der Waals surface area contributed by atoms with Crippen LogP contribution in [-0.4, -0.2) is 16.2 Å². The van der Waals surface area contributed by atoms with Gasteiger partial charge in [0.2, 0.25) is 0 Å². The van der Waals surface area contributed by atoms with Gasteiger partial charge in [0.15, 0.2) is 0 Å². The van der Waals surface area contributed by atoms with Gasteiger partial charge in [-0.15, -0.1) is 0 Å². The molecule has 3 heteroatoms. The van der Waals surface area contributed by atoms with E-state index in [0.29, 0.717) is 0 Å². The van der Waals surface area contributed by atoms with Gasteiger partial charge in [0, 0.05) is 18.9 Å². The molecule has 0 aliphatic carbocycles. The highest BCUT2D eigenvalue weighted by Gasteiger charge is 1.97. The molecule has 1 heterocycles. The van der Waals surface area contributed by atoms with Gasteiger partial charge in [-0.25, -0.2) is 4.98 Å². The average molecular weight is 258 g/mol. The molecule has 0 saturated heterocycles. The van der Waals surface area contributed by atoms with Crippen LogP contribution in [0.15, 0.2) is 43.0 Å². The Labute approximate surface area is 115 Å². The minimum absolute atomic E-state index is 0.820. The lowest BCUT2D eigenvalue weighted by molar-refractivity contribution is 0.305. The molecule has 0 bridgehead atoms. The fourth-order valence-corrected chi connectivity index (χ4v) is 2.00. The van der Waals surface area contributed by atoms with Gasteiger partial charge in [0.1, 0.15) is 5.75 Å². The van der Waals surface area contributed by atoms with Gasteiger partial charge in [-0.1, -0.05) is 38.3 Å². The molecule has 0 radical (unpaired) electrons. The van der Waals surface area contributed by atoms with Crippen molar-refractivity contribution < 1.29 is 4.74 Å². The number of unbranched alkanes of at least 4 members (excludes halogenated alkanes) is 3. The van der Waals surface area contributed by atoms with E-state index in [4.69, 9.17) is 4.74 Å². The Bertz CT molecular complexity index is 448. The van der Waals surface area contributed by atoms with Gasteiger partial charge in [0.05, 0.1) is 12.9 Å². The second kappa shape index (κ2) is 7.62. The molecule has 19 heavy (non-hydrogen) atoms. The minimum atomic E-state index is 0.820. The molecule has 2 rings (SSSR count). The minimum Gasteiger partial charge on any atom is -0.494 e. The Hall–Kier alpha value is -1.77. The second-order valence-corrected chi connectivity index (χ2v) is 4.79. The molecule has 0 aliphatic rings. The predicted molar refractivity (Wildman–Crippen MR) is 77.4 cm³/mol. The van der Waals surface area contributed by atoms with Crippen molar-refractivity contribution in [2.75, 3.05) is 6.61 Å². The lowest BCUT2D eigenvalue weighted by atomic mass is 10.2. The van der Waals surface area contributed by atoms with Crippen molar-refractivity contribution in [3.8, 4) is 5.75 Å². The normalized spacial score (nSPS) is 10.6. The maximum Gasteiger partial charge on any atom is 0.119 e. The van der Waals surface area contributed by atoms with Gasteiger partial charge in [0.25, 0.3) is 0 Å². The summed E-state index contributed by atoms with van der Waals surface area (Å²) in [5.74, 6) is 0.964. The Morgan fingerprint density at radius 1 is 1.11 bits per heavy atom. The van der Waals surface area contributed by atoms with E-state index in [0.717, 1.165) is 25.3 Å². The van der Waals surface area contributed by atoms with Crippen LogP contribution in [0.2, 0.25) is 0 Å². The zero-order chi connectivity index (χ0) is 13.3. The molecule has 0 spiro atoms. The fraction of sp³-hybridized carbons (Fsp3) is 0.438. The maximum atomic E-state index is 5.72. The first-order chi connectivity index (χ1) is 9.38. The lowest BCUT2D eigenvalue weighted by Gasteiger charge is -2.07. The van der Waals surface area contributed by atoms with Crippen LogP contribution >= 0.6 is 0 Å². The molecule has 0 atom stereocenters. The number of ether oxygens (including phenoxy) is 1. The first kappa shape index (κ1) is 13.7. The molecular formula is C16H22N2O. The number of benzene rings is 1. The third kappa shape index (κ3) is 4.78. The summed E-state index contributed by atoms with van der Waals surface area (Å²) in [5, 5.41) is 0. The SMILES string of the molecule is CCCCCCOc1ccc(Cn2ccnc2)cc1. The smallest absolute Gasteiger partial charge is 0.119 e. The van der Waals surface area contributed by atoms with Crippen LogP contribution in [0.1, 0.15) is 38.2 Å². The molecule has 0 saturated carbocycles. The van der Waals surface area contributed by atoms with E-state index in [-0.39, 0.29) is 0 Å². The third-order valence-electron chi connectivity index (χ3n) is 3.11. The summed E-state index contributed by atoms with van der Waals surface area (Å²) in [7, 11) is 0. The van der Waals surface area contributed by atoms with Crippen molar-refractivity contribution in [1.82, 2.24) is 9.55 Å². The quantitative estimate of drug-likeness (QED) is 0.672. The third-order valence-corrected chi connectivity index (χ3v) is 3.11. The number of rotatable bonds is 8. The maximum absolute atomic E-state index is 5.72. The number of nitrogens with zero attached hydrogens (tertiary/aromatic N) is 2. The molecule has 3 nitrogen and oxygen atoms in total. The summed E-state index contributed by atoms with van der Waals surface area (Å²) in [4.78, 5) is 4.04.